The van der Waals surface area contributed by atoms with Gasteiger partial charge in [0.2, 0.25) is 5.91 Å². The molecule has 0 spiro atoms. The minimum Gasteiger partial charge on any atom is -0.344 e. The van der Waals surface area contributed by atoms with Gasteiger partial charge in [-0.05, 0) is 12.8 Å². The van der Waals surface area contributed by atoms with Crippen molar-refractivity contribution in [3.63, 3.8) is 0 Å². The molecule has 1 aliphatic rings. The standard InChI is InChI=1S/C12H17N3O3/c1-4-7-13-9(16)8-15-10(17)12(5-2,6-3)14-11(15)18/h1H,5-8H2,2-3H3,(H,13,16)(H,14,18). The van der Waals surface area contributed by atoms with Crippen molar-refractivity contribution in [3.05, 3.63) is 0 Å². The molecule has 0 saturated carbocycles. The maximum atomic E-state index is 12.1. The van der Waals surface area contributed by atoms with Crippen LogP contribution < -0.4 is 10.6 Å². The highest BCUT2D eigenvalue weighted by Crippen LogP contribution is 2.24. The van der Waals surface area contributed by atoms with Gasteiger partial charge < -0.3 is 10.6 Å². The van der Waals surface area contributed by atoms with E-state index in [1.807, 2.05) is 13.8 Å². The van der Waals surface area contributed by atoms with E-state index in [0.717, 1.165) is 4.90 Å². The SMILES string of the molecule is C#CCNC(=O)CN1C(=O)NC(CC)(CC)C1=O. The Balaban J connectivity index is 2.74. The molecule has 0 radical (unpaired) electrons. The summed E-state index contributed by atoms with van der Waals surface area (Å²) < 4.78 is 0. The smallest absolute Gasteiger partial charge is 0.325 e. The van der Waals surface area contributed by atoms with Crippen molar-refractivity contribution >= 4 is 17.8 Å². The zero-order chi connectivity index (χ0) is 13.8. The number of hydrogen-bond acceptors (Lipinski definition) is 3. The number of imide groups is 1. The van der Waals surface area contributed by atoms with Gasteiger partial charge in [-0.3, -0.25) is 14.5 Å². The molecule has 1 fully saturated rings. The summed E-state index contributed by atoms with van der Waals surface area (Å²) >= 11 is 0. The Morgan fingerprint density at radius 2 is 2.06 bits per heavy atom. The van der Waals surface area contributed by atoms with Gasteiger partial charge in [0, 0.05) is 0 Å². The zero-order valence-corrected chi connectivity index (χ0v) is 10.6. The van der Waals surface area contributed by atoms with Crippen molar-refractivity contribution in [3.8, 4) is 12.3 Å². The Labute approximate surface area is 106 Å². The monoisotopic (exact) mass is 251 g/mol. The average molecular weight is 251 g/mol. The minimum atomic E-state index is -0.872. The molecule has 98 valence electrons. The Hall–Kier alpha value is -2.03. The Kier molecular flexibility index (Phi) is 4.32. The first kappa shape index (κ1) is 14.0. The fourth-order valence-corrected chi connectivity index (χ4v) is 1.90. The molecule has 6 heteroatoms. The quantitative estimate of drug-likeness (QED) is 0.526. The molecule has 1 heterocycles. The van der Waals surface area contributed by atoms with Crippen LogP contribution in [0.2, 0.25) is 0 Å². The lowest BCUT2D eigenvalue weighted by atomic mass is 9.93. The van der Waals surface area contributed by atoms with Crippen LogP contribution >= 0.6 is 0 Å². The van der Waals surface area contributed by atoms with Crippen LogP contribution in [-0.4, -0.2) is 41.4 Å². The lowest BCUT2D eigenvalue weighted by Gasteiger charge is -2.22. The van der Waals surface area contributed by atoms with Gasteiger partial charge in [-0.25, -0.2) is 4.79 Å². The third-order valence-electron chi connectivity index (χ3n) is 3.14. The number of nitrogens with zero attached hydrogens (tertiary/aromatic N) is 1. The number of terminal acetylenes is 1. The highest BCUT2D eigenvalue weighted by atomic mass is 16.2. The van der Waals surface area contributed by atoms with E-state index >= 15 is 0 Å². The lowest BCUT2D eigenvalue weighted by Crippen LogP contribution is -2.46. The third-order valence-corrected chi connectivity index (χ3v) is 3.14. The number of rotatable bonds is 5. The molecular weight excluding hydrogens is 234 g/mol. The van der Waals surface area contributed by atoms with Crippen LogP contribution in [-0.2, 0) is 9.59 Å². The van der Waals surface area contributed by atoms with Crippen LogP contribution in [0.4, 0.5) is 4.79 Å². The van der Waals surface area contributed by atoms with E-state index in [1.54, 1.807) is 0 Å². The first-order valence-electron chi connectivity index (χ1n) is 5.85. The molecule has 1 saturated heterocycles. The maximum Gasteiger partial charge on any atom is 0.325 e. The Morgan fingerprint density at radius 3 is 2.50 bits per heavy atom. The molecule has 0 aromatic rings. The predicted octanol–water partition coefficient (Wildman–Crippen LogP) is -0.154. The molecule has 0 aromatic heterocycles. The average Bonchev–Trinajstić information content (AvgIpc) is 2.61. The number of urea groups is 1. The molecule has 6 nitrogen and oxygen atoms in total. The summed E-state index contributed by atoms with van der Waals surface area (Å²) in [6, 6.07) is -0.528. The second-order valence-corrected chi connectivity index (χ2v) is 4.09. The number of hydrogen-bond donors (Lipinski definition) is 2. The van der Waals surface area contributed by atoms with Crippen LogP contribution in [0, 0.1) is 12.3 Å². The van der Waals surface area contributed by atoms with Crippen molar-refractivity contribution in [2.45, 2.75) is 32.2 Å². The van der Waals surface area contributed by atoms with Gasteiger partial charge in [0.15, 0.2) is 0 Å². The molecule has 0 aromatic carbocycles. The summed E-state index contributed by atoms with van der Waals surface area (Å²) in [4.78, 5) is 36.2. The molecule has 18 heavy (non-hydrogen) atoms. The first-order valence-corrected chi connectivity index (χ1v) is 5.85. The topological polar surface area (TPSA) is 78.5 Å². The molecule has 0 bridgehead atoms. The van der Waals surface area contributed by atoms with Crippen molar-refractivity contribution in [2.75, 3.05) is 13.1 Å². The molecular formula is C12H17N3O3. The summed E-state index contributed by atoms with van der Waals surface area (Å²) in [7, 11) is 0. The molecule has 0 unspecified atom stereocenters. The van der Waals surface area contributed by atoms with E-state index in [9.17, 15) is 14.4 Å². The summed E-state index contributed by atoms with van der Waals surface area (Å²) in [5, 5.41) is 5.06. The van der Waals surface area contributed by atoms with Gasteiger partial charge in [-0.15, -0.1) is 6.42 Å². The third kappa shape index (κ3) is 2.45. The Morgan fingerprint density at radius 1 is 1.44 bits per heavy atom. The van der Waals surface area contributed by atoms with Crippen molar-refractivity contribution < 1.29 is 14.4 Å². The number of carbonyl (C=O) groups is 3. The van der Waals surface area contributed by atoms with Gasteiger partial charge in [0.25, 0.3) is 5.91 Å². The van der Waals surface area contributed by atoms with E-state index in [1.165, 1.54) is 0 Å². The van der Waals surface area contributed by atoms with Gasteiger partial charge >= 0.3 is 6.03 Å². The van der Waals surface area contributed by atoms with Crippen LogP contribution in [0.5, 0.6) is 0 Å². The molecule has 4 amide bonds. The van der Waals surface area contributed by atoms with Gasteiger partial charge in [0.05, 0.1) is 6.54 Å². The minimum absolute atomic E-state index is 0.0786. The first-order chi connectivity index (χ1) is 8.50. The van der Waals surface area contributed by atoms with Crippen molar-refractivity contribution in [1.82, 2.24) is 15.5 Å². The molecule has 1 aliphatic heterocycles. The van der Waals surface area contributed by atoms with E-state index in [-0.39, 0.29) is 19.0 Å². The summed E-state index contributed by atoms with van der Waals surface area (Å²) in [6.07, 6.45) is 5.99. The number of nitrogens with one attached hydrogen (secondary N) is 2. The normalized spacial score (nSPS) is 17.3. The largest absolute Gasteiger partial charge is 0.344 e. The van der Waals surface area contributed by atoms with E-state index in [0.29, 0.717) is 12.8 Å². The number of amides is 4. The van der Waals surface area contributed by atoms with Crippen molar-refractivity contribution in [1.29, 1.82) is 0 Å². The molecule has 2 N–H and O–H groups in total. The second kappa shape index (κ2) is 5.54. The van der Waals surface area contributed by atoms with Gasteiger partial charge in [-0.2, -0.15) is 0 Å². The summed E-state index contributed by atoms with van der Waals surface area (Å²) in [5.41, 5.74) is -0.872. The van der Waals surface area contributed by atoms with Gasteiger partial charge in [0.1, 0.15) is 12.1 Å². The Bertz CT molecular complexity index is 407. The number of carbonyl (C=O) groups excluding carboxylic acids is 3. The molecule has 0 aliphatic carbocycles. The van der Waals surface area contributed by atoms with E-state index in [4.69, 9.17) is 6.42 Å². The lowest BCUT2D eigenvalue weighted by molar-refractivity contribution is -0.135. The zero-order valence-electron chi connectivity index (χ0n) is 10.6. The highest BCUT2D eigenvalue weighted by Gasteiger charge is 2.49. The van der Waals surface area contributed by atoms with Crippen molar-refractivity contribution in [2.24, 2.45) is 0 Å². The maximum absolute atomic E-state index is 12.1. The fourth-order valence-electron chi connectivity index (χ4n) is 1.90. The van der Waals surface area contributed by atoms with Crippen LogP contribution in [0.15, 0.2) is 0 Å². The van der Waals surface area contributed by atoms with E-state index < -0.39 is 17.5 Å². The van der Waals surface area contributed by atoms with Crippen LogP contribution in [0.25, 0.3) is 0 Å². The highest BCUT2D eigenvalue weighted by molar-refractivity contribution is 6.08. The van der Waals surface area contributed by atoms with Crippen LogP contribution in [0.3, 0.4) is 0 Å². The summed E-state index contributed by atoms with van der Waals surface area (Å²) in [6.45, 7) is 3.43. The van der Waals surface area contributed by atoms with Gasteiger partial charge in [-0.1, -0.05) is 19.8 Å². The molecule has 1 rings (SSSR count). The molecule has 0 atom stereocenters. The second-order valence-electron chi connectivity index (χ2n) is 4.09. The van der Waals surface area contributed by atoms with Crippen LogP contribution in [0.1, 0.15) is 26.7 Å². The van der Waals surface area contributed by atoms with E-state index in [2.05, 4.69) is 16.6 Å². The fraction of sp³-hybridized carbons (Fsp3) is 0.583. The summed E-state index contributed by atoms with van der Waals surface area (Å²) in [5.74, 6) is 1.45. The predicted molar refractivity (Wildman–Crippen MR) is 65.4 cm³/mol.